The lowest BCUT2D eigenvalue weighted by atomic mass is 10.2. The van der Waals surface area contributed by atoms with Crippen molar-refractivity contribution in [3.8, 4) is 17.1 Å². The summed E-state index contributed by atoms with van der Waals surface area (Å²) in [6.07, 6.45) is 5.70. The summed E-state index contributed by atoms with van der Waals surface area (Å²) in [5.74, 6) is 1.57. The van der Waals surface area contributed by atoms with Crippen molar-refractivity contribution in [2.24, 2.45) is 0 Å². The Hall–Kier alpha value is -3.26. The Morgan fingerprint density at radius 1 is 1.14 bits per heavy atom. The van der Waals surface area contributed by atoms with E-state index in [0.29, 0.717) is 19.0 Å². The van der Waals surface area contributed by atoms with Gasteiger partial charge in [0.2, 0.25) is 0 Å². The fourth-order valence-corrected chi connectivity index (χ4v) is 3.63. The van der Waals surface area contributed by atoms with Crippen LogP contribution in [0.3, 0.4) is 0 Å². The Bertz CT molecular complexity index is 1160. The third-order valence-corrected chi connectivity index (χ3v) is 5.18. The topological polar surface area (TPSA) is 73.9 Å². The van der Waals surface area contributed by atoms with E-state index in [1.54, 1.807) is 0 Å². The van der Waals surface area contributed by atoms with Crippen LogP contribution in [0.15, 0.2) is 43.0 Å². The van der Waals surface area contributed by atoms with Crippen LogP contribution in [0.25, 0.3) is 28.2 Å². The van der Waals surface area contributed by atoms with Crippen LogP contribution in [0.4, 0.5) is 5.82 Å². The third kappa shape index (κ3) is 3.25. The zero-order chi connectivity index (χ0) is 19.8. The van der Waals surface area contributed by atoms with Crippen LogP contribution in [0, 0.1) is 6.92 Å². The maximum atomic E-state index is 5.52. The largest absolute Gasteiger partial charge is 0.378 e. The normalized spacial score (nSPS) is 14.6. The van der Waals surface area contributed by atoms with Crippen molar-refractivity contribution >= 4 is 17.0 Å². The Morgan fingerprint density at radius 2 is 2.00 bits per heavy atom. The molecule has 8 heteroatoms. The van der Waals surface area contributed by atoms with Crippen LogP contribution in [-0.2, 0) is 11.3 Å². The molecular formula is C21H23N7O. The minimum absolute atomic E-state index is 0.694. The van der Waals surface area contributed by atoms with Gasteiger partial charge in [-0.15, -0.1) is 0 Å². The number of aromatic nitrogens is 6. The minimum atomic E-state index is 0.694. The molecule has 5 rings (SSSR count). The number of rotatable bonds is 4. The van der Waals surface area contributed by atoms with Crippen LogP contribution in [0.5, 0.6) is 0 Å². The number of benzene rings is 1. The molecule has 0 atom stereocenters. The molecule has 0 amide bonds. The first-order chi connectivity index (χ1) is 14.2. The zero-order valence-electron chi connectivity index (χ0n) is 16.6. The molecule has 0 spiro atoms. The molecule has 1 aliphatic heterocycles. The lowest BCUT2D eigenvalue weighted by Crippen LogP contribution is -2.37. The highest BCUT2D eigenvalue weighted by Crippen LogP contribution is 2.28. The molecule has 4 aromatic rings. The van der Waals surface area contributed by atoms with Gasteiger partial charge in [-0.3, -0.25) is 0 Å². The highest BCUT2D eigenvalue weighted by molar-refractivity contribution is 5.86. The predicted molar refractivity (Wildman–Crippen MR) is 111 cm³/mol. The van der Waals surface area contributed by atoms with Gasteiger partial charge in [0.1, 0.15) is 0 Å². The minimum Gasteiger partial charge on any atom is -0.378 e. The smallest absolute Gasteiger partial charge is 0.166 e. The standard InChI is InChI=1S/C21H23N7O/c1-3-26-14-22-18-20(26)24-19(25-21(18)27-7-9-29-10-8-27)16-5-4-6-17(11-16)28-13-15(2)12-23-28/h4-6,11-14H,3,7-10H2,1-2H3. The summed E-state index contributed by atoms with van der Waals surface area (Å²) in [6, 6.07) is 8.16. The molecule has 0 bridgehead atoms. The van der Waals surface area contributed by atoms with Crippen LogP contribution in [0.1, 0.15) is 12.5 Å². The molecule has 148 valence electrons. The molecule has 0 aliphatic carbocycles. The summed E-state index contributed by atoms with van der Waals surface area (Å²) >= 11 is 0. The second-order valence-electron chi connectivity index (χ2n) is 7.19. The van der Waals surface area contributed by atoms with Crippen molar-refractivity contribution < 1.29 is 4.74 Å². The van der Waals surface area contributed by atoms with Gasteiger partial charge in [0.25, 0.3) is 0 Å². The van der Waals surface area contributed by atoms with Crippen molar-refractivity contribution in [3.05, 3.63) is 48.5 Å². The van der Waals surface area contributed by atoms with Gasteiger partial charge in [-0.05, 0) is 31.5 Å². The number of hydrogen-bond donors (Lipinski definition) is 0. The first-order valence-electron chi connectivity index (χ1n) is 9.90. The van der Waals surface area contributed by atoms with E-state index >= 15 is 0 Å². The Balaban J connectivity index is 1.65. The predicted octanol–water partition coefficient (Wildman–Crippen LogP) is 2.84. The van der Waals surface area contributed by atoms with Gasteiger partial charge < -0.3 is 14.2 Å². The second-order valence-corrected chi connectivity index (χ2v) is 7.19. The van der Waals surface area contributed by atoms with Gasteiger partial charge in [0, 0.05) is 31.4 Å². The molecule has 0 N–H and O–H groups in total. The Morgan fingerprint density at radius 3 is 2.76 bits per heavy atom. The maximum Gasteiger partial charge on any atom is 0.166 e. The van der Waals surface area contributed by atoms with Gasteiger partial charge in [0.05, 0.1) is 31.4 Å². The van der Waals surface area contributed by atoms with Crippen molar-refractivity contribution in [1.82, 2.24) is 29.3 Å². The molecule has 0 saturated carbocycles. The van der Waals surface area contributed by atoms with Gasteiger partial charge in [-0.2, -0.15) is 5.10 Å². The van der Waals surface area contributed by atoms with E-state index in [1.165, 1.54) is 0 Å². The monoisotopic (exact) mass is 389 g/mol. The van der Waals surface area contributed by atoms with Gasteiger partial charge in [-0.1, -0.05) is 12.1 Å². The Labute approximate surface area is 168 Å². The Kier molecular flexibility index (Phi) is 4.48. The summed E-state index contributed by atoms with van der Waals surface area (Å²) in [5.41, 5.74) is 4.76. The molecular weight excluding hydrogens is 366 g/mol. The molecule has 0 unspecified atom stereocenters. The number of ether oxygens (including phenoxy) is 1. The number of fused-ring (bicyclic) bond motifs is 1. The van der Waals surface area contributed by atoms with Crippen molar-refractivity contribution in [2.75, 3.05) is 31.2 Å². The summed E-state index contributed by atoms with van der Waals surface area (Å²) < 4.78 is 9.45. The lowest BCUT2D eigenvalue weighted by molar-refractivity contribution is 0.122. The van der Waals surface area contributed by atoms with Crippen LogP contribution in [0.2, 0.25) is 0 Å². The highest BCUT2D eigenvalue weighted by Gasteiger charge is 2.21. The summed E-state index contributed by atoms with van der Waals surface area (Å²) in [7, 11) is 0. The SMILES string of the molecule is CCn1cnc2c(N3CCOCC3)nc(-c3cccc(-n4cc(C)cn4)c3)nc21. The van der Waals surface area contributed by atoms with Crippen LogP contribution in [-0.4, -0.2) is 55.6 Å². The number of imidazole rings is 1. The van der Waals surface area contributed by atoms with E-state index in [9.17, 15) is 0 Å². The van der Waals surface area contributed by atoms with Gasteiger partial charge in [-0.25, -0.2) is 19.6 Å². The summed E-state index contributed by atoms with van der Waals surface area (Å²) in [6.45, 7) is 7.94. The molecule has 3 aromatic heterocycles. The number of hydrogen-bond acceptors (Lipinski definition) is 6. The van der Waals surface area contributed by atoms with Crippen LogP contribution >= 0.6 is 0 Å². The van der Waals surface area contributed by atoms with E-state index in [1.807, 2.05) is 48.5 Å². The third-order valence-electron chi connectivity index (χ3n) is 5.18. The maximum absolute atomic E-state index is 5.52. The molecule has 4 heterocycles. The molecule has 0 radical (unpaired) electrons. The van der Waals surface area contributed by atoms with Crippen molar-refractivity contribution in [3.63, 3.8) is 0 Å². The molecule has 8 nitrogen and oxygen atoms in total. The second kappa shape index (κ2) is 7.29. The molecule has 1 aromatic carbocycles. The molecule has 1 saturated heterocycles. The number of aryl methyl sites for hydroxylation is 2. The van der Waals surface area contributed by atoms with E-state index in [2.05, 4.69) is 32.5 Å². The number of anilines is 1. The fourth-order valence-electron chi connectivity index (χ4n) is 3.63. The summed E-state index contributed by atoms with van der Waals surface area (Å²) in [4.78, 5) is 16.7. The molecule has 1 aliphatic rings. The van der Waals surface area contributed by atoms with Crippen LogP contribution < -0.4 is 4.90 Å². The molecule has 29 heavy (non-hydrogen) atoms. The van der Waals surface area contributed by atoms with Crippen molar-refractivity contribution in [2.45, 2.75) is 20.4 Å². The first kappa shape index (κ1) is 17.8. The number of morpholine rings is 1. The average Bonchev–Trinajstić information content (AvgIpc) is 3.39. The molecule has 1 fully saturated rings. The number of nitrogens with zero attached hydrogens (tertiary/aromatic N) is 7. The zero-order valence-corrected chi connectivity index (χ0v) is 16.6. The average molecular weight is 389 g/mol. The van der Waals surface area contributed by atoms with Gasteiger partial charge >= 0.3 is 0 Å². The fraction of sp³-hybridized carbons (Fsp3) is 0.333. The van der Waals surface area contributed by atoms with E-state index in [4.69, 9.17) is 14.7 Å². The lowest BCUT2D eigenvalue weighted by Gasteiger charge is -2.28. The quantitative estimate of drug-likeness (QED) is 0.534. The summed E-state index contributed by atoms with van der Waals surface area (Å²) in [5, 5.41) is 4.42. The van der Waals surface area contributed by atoms with Gasteiger partial charge in [0.15, 0.2) is 22.8 Å². The van der Waals surface area contributed by atoms with E-state index in [0.717, 1.165) is 53.4 Å². The first-order valence-corrected chi connectivity index (χ1v) is 9.90. The van der Waals surface area contributed by atoms with E-state index < -0.39 is 0 Å². The van der Waals surface area contributed by atoms with Crippen molar-refractivity contribution in [1.29, 1.82) is 0 Å². The van der Waals surface area contributed by atoms with E-state index in [-0.39, 0.29) is 0 Å². The highest BCUT2D eigenvalue weighted by atomic mass is 16.5.